The molecule has 0 spiro atoms. The molecule has 6 nitrogen and oxygen atoms in total. The first kappa shape index (κ1) is 18.2. The number of aliphatic hydroxyl groups excluding tert-OH is 1. The molecule has 0 heterocycles. The van der Waals surface area contributed by atoms with Crippen LogP contribution >= 0.6 is 0 Å². The van der Waals surface area contributed by atoms with Gasteiger partial charge in [-0.05, 0) is 25.1 Å². The van der Waals surface area contributed by atoms with E-state index >= 15 is 0 Å². The van der Waals surface area contributed by atoms with Gasteiger partial charge in [0.1, 0.15) is 30.3 Å². The number of hydrogen-bond donors (Lipinski definition) is 3. The molecule has 1 atom stereocenters. The molecule has 1 aromatic carbocycles. The van der Waals surface area contributed by atoms with Crippen LogP contribution in [0.25, 0.3) is 0 Å². The van der Waals surface area contributed by atoms with Crippen LogP contribution in [-0.2, 0) is 0 Å². The Hall–Kier alpha value is -1.81. The molecule has 6 heteroatoms. The molecule has 0 saturated carbocycles. The largest absolute Gasteiger partial charge is 0.493 e. The standard InChI is InChI=1S/C16H25N3O3/c1-12(2)19-10-14(20)11-22-16-5-4-15(8-13(16)9-18)21-7-3-6-17/h4-5,8,12,14,19-20H,3,6-7,10-11,17H2,1-2H3/t14-/m0/s1. The van der Waals surface area contributed by atoms with Crippen LogP contribution in [0.1, 0.15) is 25.8 Å². The van der Waals surface area contributed by atoms with Crippen LogP contribution in [0.15, 0.2) is 18.2 Å². The normalized spacial score (nSPS) is 12.0. The van der Waals surface area contributed by atoms with E-state index in [0.29, 0.717) is 42.8 Å². The van der Waals surface area contributed by atoms with Crippen molar-refractivity contribution in [3.8, 4) is 17.6 Å². The second-order valence-electron chi connectivity index (χ2n) is 5.29. The van der Waals surface area contributed by atoms with Crippen molar-refractivity contribution in [2.24, 2.45) is 5.73 Å². The van der Waals surface area contributed by atoms with Crippen molar-refractivity contribution in [2.75, 3.05) is 26.3 Å². The summed E-state index contributed by atoms with van der Waals surface area (Å²) in [7, 11) is 0. The zero-order chi connectivity index (χ0) is 16.4. The molecule has 0 bridgehead atoms. The van der Waals surface area contributed by atoms with E-state index in [1.165, 1.54) is 0 Å². The lowest BCUT2D eigenvalue weighted by atomic mass is 10.2. The Morgan fingerprint density at radius 2 is 2.14 bits per heavy atom. The Morgan fingerprint density at radius 3 is 2.77 bits per heavy atom. The molecule has 4 N–H and O–H groups in total. The fourth-order valence-corrected chi connectivity index (χ4v) is 1.70. The van der Waals surface area contributed by atoms with Crippen LogP contribution in [0.2, 0.25) is 0 Å². The minimum Gasteiger partial charge on any atom is -0.493 e. The summed E-state index contributed by atoms with van der Waals surface area (Å²) in [6.45, 7) is 5.66. The maximum absolute atomic E-state index is 9.81. The van der Waals surface area contributed by atoms with Gasteiger partial charge in [0.25, 0.3) is 0 Å². The van der Waals surface area contributed by atoms with Crippen LogP contribution in [0.3, 0.4) is 0 Å². The highest BCUT2D eigenvalue weighted by Gasteiger charge is 2.10. The molecule has 0 aliphatic heterocycles. The van der Waals surface area contributed by atoms with Crippen molar-refractivity contribution in [3.63, 3.8) is 0 Å². The summed E-state index contributed by atoms with van der Waals surface area (Å²) in [5.74, 6) is 1.05. The topological polar surface area (TPSA) is 101 Å². The van der Waals surface area contributed by atoms with Gasteiger partial charge in [-0.3, -0.25) is 0 Å². The van der Waals surface area contributed by atoms with Gasteiger partial charge in [-0.2, -0.15) is 5.26 Å². The quantitative estimate of drug-likeness (QED) is 0.558. The smallest absolute Gasteiger partial charge is 0.137 e. The monoisotopic (exact) mass is 307 g/mol. The Labute approximate surface area is 131 Å². The number of benzene rings is 1. The number of rotatable bonds is 10. The van der Waals surface area contributed by atoms with Gasteiger partial charge < -0.3 is 25.6 Å². The average molecular weight is 307 g/mol. The molecule has 0 unspecified atom stereocenters. The Kier molecular flexibility index (Phi) is 8.30. The molecule has 122 valence electrons. The summed E-state index contributed by atoms with van der Waals surface area (Å²) in [5.41, 5.74) is 5.79. The highest BCUT2D eigenvalue weighted by Crippen LogP contribution is 2.23. The van der Waals surface area contributed by atoms with Crippen molar-refractivity contribution in [1.29, 1.82) is 5.26 Å². The molecule has 22 heavy (non-hydrogen) atoms. The molecule has 0 saturated heterocycles. The lowest BCUT2D eigenvalue weighted by molar-refractivity contribution is 0.104. The van der Waals surface area contributed by atoms with Gasteiger partial charge in [0.15, 0.2) is 0 Å². The molecule has 0 radical (unpaired) electrons. The summed E-state index contributed by atoms with van der Waals surface area (Å²) in [6, 6.07) is 7.42. The summed E-state index contributed by atoms with van der Waals surface area (Å²) in [5, 5.41) is 22.1. The molecule has 0 aliphatic carbocycles. The lowest BCUT2D eigenvalue weighted by Gasteiger charge is -2.16. The molecular formula is C16H25N3O3. The second kappa shape index (κ2) is 10.0. The highest BCUT2D eigenvalue weighted by molar-refractivity contribution is 5.47. The van der Waals surface area contributed by atoms with Crippen LogP contribution in [0.4, 0.5) is 0 Å². The minimum atomic E-state index is -0.630. The summed E-state index contributed by atoms with van der Waals surface area (Å²) < 4.78 is 11.0. The number of nitrogens with two attached hydrogens (primary N) is 1. The third-order valence-electron chi connectivity index (χ3n) is 2.88. The zero-order valence-corrected chi connectivity index (χ0v) is 13.2. The van der Waals surface area contributed by atoms with E-state index in [2.05, 4.69) is 11.4 Å². The van der Waals surface area contributed by atoms with Gasteiger partial charge in [-0.1, -0.05) is 13.8 Å². The van der Waals surface area contributed by atoms with E-state index in [-0.39, 0.29) is 6.61 Å². The predicted octanol–water partition coefficient (Wildman–Crippen LogP) is 1.02. The van der Waals surface area contributed by atoms with Crippen LogP contribution in [0, 0.1) is 11.3 Å². The average Bonchev–Trinajstić information content (AvgIpc) is 2.51. The minimum absolute atomic E-state index is 0.127. The SMILES string of the molecule is CC(C)NC[C@H](O)COc1ccc(OCCCN)cc1C#N. The van der Waals surface area contributed by atoms with Gasteiger partial charge >= 0.3 is 0 Å². The van der Waals surface area contributed by atoms with Gasteiger partial charge in [-0.15, -0.1) is 0 Å². The molecule has 0 aliphatic rings. The summed E-state index contributed by atoms with van der Waals surface area (Å²) >= 11 is 0. The van der Waals surface area contributed by atoms with Crippen LogP contribution in [0.5, 0.6) is 11.5 Å². The van der Waals surface area contributed by atoms with Gasteiger partial charge in [0.2, 0.25) is 0 Å². The summed E-state index contributed by atoms with van der Waals surface area (Å²) in [6.07, 6.45) is 0.129. The highest BCUT2D eigenvalue weighted by atomic mass is 16.5. The number of nitrogens with one attached hydrogen (secondary N) is 1. The van der Waals surface area contributed by atoms with Crippen molar-refractivity contribution < 1.29 is 14.6 Å². The van der Waals surface area contributed by atoms with E-state index in [0.717, 1.165) is 6.42 Å². The molecule has 1 rings (SSSR count). The van der Waals surface area contributed by atoms with Crippen molar-refractivity contribution in [2.45, 2.75) is 32.4 Å². The number of ether oxygens (including phenoxy) is 2. The van der Waals surface area contributed by atoms with E-state index in [1.54, 1.807) is 18.2 Å². The zero-order valence-electron chi connectivity index (χ0n) is 13.2. The molecular weight excluding hydrogens is 282 g/mol. The van der Waals surface area contributed by atoms with E-state index in [1.807, 2.05) is 13.8 Å². The fourth-order valence-electron chi connectivity index (χ4n) is 1.70. The molecule has 0 fully saturated rings. The first-order chi connectivity index (χ1) is 10.6. The Morgan fingerprint density at radius 1 is 1.36 bits per heavy atom. The fraction of sp³-hybridized carbons (Fsp3) is 0.562. The second-order valence-corrected chi connectivity index (χ2v) is 5.29. The third kappa shape index (κ3) is 6.76. The van der Waals surface area contributed by atoms with Gasteiger partial charge in [0, 0.05) is 18.7 Å². The molecule has 1 aromatic rings. The number of hydrogen-bond acceptors (Lipinski definition) is 6. The number of nitriles is 1. The maximum atomic E-state index is 9.81. The first-order valence-corrected chi connectivity index (χ1v) is 7.48. The lowest BCUT2D eigenvalue weighted by Crippen LogP contribution is -2.35. The van der Waals surface area contributed by atoms with E-state index < -0.39 is 6.10 Å². The first-order valence-electron chi connectivity index (χ1n) is 7.48. The van der Waals surface area contributed by atoms with E-state index in [4.69, 9.17) is 15.2 Å². The van der Waals surface area contributed by atoms with Crippen LogP contribution in [-0.4, -0.2) is 43.6 Å². The Bertz CT molecular complexity index is 486. The van der Waals surface area contributed by atoms with Crippen LogP contribution < -0.4 is 20.5 Å². The summed E-state index contributed by atoms with van der Waals surface area (Å²) in [4.78, 5) is 0. The van der Waals surface area contributed by atoms with E-state index in [9.17, 15) is 10.4 Å². The number of aliphatic hydroxyl groups is 1. The van der Waals surface area contributed by atoms with Crippen molar-refractivity contribution in [3.05, 3.63) is 23.8 Å². The van der Waals surface area contributed by atoms with Crippen molar-refractivity contribution in [1.82, 2.24) is 5.32 Å². The third-order valence-corrected chi connectivity index (χ3v) is 2.88. The molecule has 0 amide bonds. The van der Waals surface area contributed by atoms with Crippen molar-refractivity contribution >= 4 is 0 Å². The molecule has 0 aromatic heterocycles. The number of nitrogens with zero attached hydrogens (tertiary/aromatic N) is 1. The predicted molar refractivity (Wildman–Crippen MR) is 85.0 cm³/mol. The Balaban J connectivity index is 2.54. The van der Waals surface area contributed by atoms with Gasteiger partial charge in [0.05, 0.1) is 12.2 Å². The maximum Gasteiger partial charge on any atom is 0.137 e. The van der Waals surface area contributed by atoms with Gasteiger partial charge in [-0.25, -0.2) is 0 Å².